The number of aromatic nitrogens is 5. The molecule has 1 aliphatic rings. The lowest BCUT2D eigenvalue weighted by molar-refractivity contribution is -0.140. The summed E-state index contributed by atoms with van der Waals surface area (Å²) in [6.45, 7) is 0.339. The number of pyridine rings is 2. The fourth-order valence-corrected chi connectivity index (χ4v) is 5.00. The minimum Gasteiger partial charge on any atom is -0.480 e. The van der Waals surface area contributed by atoms with Crippen LogP contribution in [0.25, 0.3) is 22.2 Å². The van der Waals surface area contributed by atoms with Gasteiger partial charge in [0.15, 0.2) is 0 Å². The molecule has 4 heterocycles. The zero-order chi connectivity index (χ0) is 20.0. The SMILES string of the molecule is O=C(O)[C@@H]1CSc2c(-c3cccnc3)c(Cn3nnc4ccccc43)cc(=O)n21. The highest BCUT2D eigenvalue weighted by molar-refractivity contribution is 7.99. The van der Waals surface area contributed by atoms with E-state index in [1.807, 2.05) is 36.4 Å². The molecule has 0 spiro atoms. The monoisotopic (exact) mass is 405 g/mol. The summed E-state index contributed by atoms with van der Waals surface area (Å²) in [4.78, 5) is 28.7. The molecule has 0 aliphatic carbocycles. The predicted molar refractivity (Wildman–Crippen MR) is 108 cm³/mol. The number of para-hydroxylation sites is 1. The van der Waals surface area contributed by atoms with Crippen LogP contribution in [0.4, 0.5) is 0 Å². The van der Waals surface area contributed by atoms with Crippen LogP contribution in [-0.2, 0) is 11.3 Å². The zero-order valence-corrected chi connectivity index (χ0v) is 15.9. The van der Waals surface area contributed by atoms with Gasteiger partial charge < -0.3 is 5.11 Å². The highest BCUT2D eigenvalue weighted by atomic mass is 32.2. The van der Waals surface area contributed by atoms with Gasteiger partial charge in [-0.15, -0.1) is 16.9 Å². The van der Waals surface area contributed by atoms with Gasteiger partial charge >= 0.3 is 5.97 Å². The maximum Gasteiger partial charge on any atom is 0.327 e. The second kappa shape index (κ2) is 6.85. The van der Waals surface area contributed by atoms with Gasteiger partial charge in [0, 0.05) is 35.3 Å². The number of aliphatic carboxylic acids is 1. The average molecular weight is 405 g/mol. The molecule has 4 aromatic rings. The van der Waals surface area contributed by atoms with Crippen molar-refractivity contribution >= 4 is 28.8 Å². The number of carbonyl (C=O) groups is 1. The number of carboxylic acid groups (broad SMARTS) is 1. The molecule has 9 heteroatoms. The third kappa shape index (κ3) is 2.90. The Morgan fingerprint density at radius 3 is 2.90 bits per heavy atom. The number of fused-ring (bicyclic) bond motifs is 2. The largest absolute Gasteiger partial charge is 0.480 e. The van der Waals surface area contributed by atoms with Gasteiger partial charge in [-0.25, -0.2) is 9.48 Å². The minimum atomic E-state index is -1.01. The van der Waals surface area contributed by atoms with Crippen molar-refractivity contribution < 1.29 is 9.90 Å². The Kier molecular flexibility index (Phi) is 4.17. The van der Waals surface area contributed by atoms with Crippen LogP contribution in [0.1, 0.15) is 11.6 Å². The maximum absolute atomic E-state index is 12.8. The Balaban J connectivity index is 1.72. The Hall–Kier alpha value is -3.46. The first kappa shape index (κ1) is 17.6. The molecule has 1 aromatic carbocycles. The quantitative estimate of drug-likeness (QED) is 0.556. The van der Waals surface area contributed by atoms with Crippen LogP contribution < -0.4 is 5.56 Å². The predicted octanol–water partition coefficient (Wildman–Crippen LogP) is 2.43. The average Bonchev–Trinajstić information content (AvgIpc) is 3.34. The lowest BCUT2D eigenvalue weighted by Crippen LogP contribution is -2.29. The van der Waals surface area contributed by atoms with Crippen molar-refractivity contribution in [2.24, 2.45) is 0 Å². The summed E-state index contributed by atoms with van der Waals surface area (Å²) >= 11 is 1.38. The third-order valence-corrected chi connectivity index (χ3v) is 6.11. The number of carboxylic acids is 1. The molecule has 0 radical (unpaired) electrons. The molecule has 29 heavy (non-hydrogen) atoms. The van der Waals surface area contributed by atoms with E-state index in [0.29, 0.717) is 17.3 Å². The first-order chi connectivity index (χ1) is 14.1. The highest BCUT2D eigenvalue weighted by Crippen LogP contribution is 2.40. The topological polar surface area (TPSA) is 103 Å². The van der Waals surface area contributed by atoms with Crippen LogP contribution in [0.15, 0.2) is 64.7 Å². The fourth-order valence-electron chi connectivity index (χ4n) is 3.64. The highest BCUT2D eigenvalue weighted by Gasteiger charge is 2.33. The van der Waals surface area contributed by atoms with Crippen molar-refractivity contribution in [1.82, 2.24) is 24.5 Å². The molecule has 1 N–H and O–H groups in total. The van der Waals surface area contributed by atoms with Gasteiger partial charge in [-0.05, 0) is 23.8 Å². The van der Waals surface area contributed by atoms with E-state index in [1.165, 1.54) is 22.4 Å². The molecule has 0 amide bonds. The van der Waals surface area contributed by atoms with E-state index in [0.717, 1.165) is 27.7 Å². The van der Waals surface area contributed by atoms with E-state index in [2.05, 4.69) is 15.3 Å². The van der Waals surface area contributed by atoms with Crippen LogP contribution in [0.2, 0.25) is 0 Å². The first-order valence-electron chi connectivity index (χ1n) is 8.96. The van der Waals surface area contributed by atoms with Crippen LogP contribution in [0.3, 0.4) is 0 Å². The van der Waals surface area contributed by atoms with Gasteiger partial charge in [0.1, 0.15) is 11.6 Å². The van der Waals surface area contributed by atoms with Crippen molar-refractivity contribution in [3.8, 4) is 11.1 Å². The summed E-state index contributed by atoms with van der Waals surface area (Å²) in [5, 5.41) is 18.6. The summed E-state index contributed by atoms with van der Waals surface area (Å²) in [7, 11) is 0. The number of thioether (sulfide) groups is 1. The number of hydrogen-bond donors (Lipinski definition) is 1. The summed E-state index contributed by atoms with van der Waals surface area (Å²) in [6.07, 6.45) is 3.40. The Morgan fingerprint density at radius 2 is 2.10 bits per heavy atom. The summed E-state index contributed by atoms with van der Waals surface area (Å²) in [5.41, 5.74) is 3.70. The number of rotatable bonds is 4. The summed E-state index contributed by atoms with van der Waals surface area (Å²) in [5.74, 6) is -0.696. The lowest BCUT2D eigenvalue weighted by atomic mass is 10.0. The molecule has 144 valence electrons. The molecule has 1 atom stereocenters. The normalized spacial score (nSPS) is 15.5. The maximum atomic E-state index is 12.8. The van der Waals surface area contributed by atoms with Crippen LogP contribution in [-0.4, -0.2) is 41.4 Å². The number of hydrogen-bond acceptors (Lipinski definition) is 6. The summed E-state index contributed by atoms with van der Waals surface area (Å²) in [6, 6.07) is 12.0. The second-order valence-corrected chi connectivity index (χ2v) is 7.71. The van der Waals surface area contributed by atoms with E-state index < -0.39 is 12.0 Å². The van der Waals surface area contributed by atoms with Gasteiger partial charge in [-0.3, -0.25) is 14.3 Å². The van der Waals surface area contributed by atoms with Gasteiger partial charge in [-0.1, -0.05) is 23.4 Å². The Labute approximate surface area is 168 Å². The molecular formula is C20H15N5O3S. The van der Waals surface area contributed by atoms with Crippen LogP contribution in [0, 0.1) is 0 Å². The molecule has 8 nitrogen and oxygen atoms in total. The number of nitrogens with zero attached hydrogens (tertiary/aromatic N) is 5. The Morgan fingerprint density at radius 1 is 1.24 bits per heavy atom. The van der Waals surface area contributed by atoms with Gasteiger partial charge in [0.25, 0.3) is 5.56 Å². The molecule has 0 unspecified atom stereocenters. The smallest absolute Gasteiger partial charge is 0.327 e. The van der Waals surface area contributed by atoms with Gasteiger partial charge in [-0.2, -0.15) is 0 Å². The molecule has 0 saturated heterocycles. The van der Waals surface area contributed by atoms with E-state index in [-0.39, 0.29) is 5.56 Å². The summed E-state index contributed by atoms with van der Waals surface area (Å²) < 4.78 is 3.12. The standard InChI is InChI=1S/C20H15N5O3S/c26-17-8-13(10-24-15-6-2-1-5-14(15)22-23-24)18(12-4-3-7-21-9-12)19-25(17)16(11-29-19)20(27)28/h1-9,16H,10-11H2,(H,27,28)/t16-/m0/s1. The van der Waals surface area contributed by atoms with Crippen molar-refractivity contribution in [3.05, 3.63) is 70.8 Å². The van der Waals surface area contributed by atoms with E-state index in [4.69, 9.17) is 0 Å². The minimum absolute atomic E-state index is 0.313. The fraction of sp³-hybridized carbons (Fsp3) is 0.150. The molecule has 1 aliphatic heterocycles. The first-order valence-corrected chi connectivity index (χ1v) is 9.94. The molecular weight excluding hydrogens is 390 g/mol. The molecule has 3 aromatic heterocycles. The van der Waals surface area contributed by atoms with Crippen molar-refractivity contribution in [2.75, 3.05) is 5.75 Å². The molecule has 0 fully saturated rings. The molecule has 0 saturated carbocycles. The Bertz CT molecular complexity index is 1300. The third-order valence-electron chi connectivity index (χ3n) is 4.95. The van der Waals surface area contributed by atoms with Crippen LogP contribution >= 0.6 is 11.8 Å². The van der Waals surface area contributed by atoms with Crippen LogP contribution in [0.5, 0.6) is 0 Å². The van der Waals surface area contributed by atoms with Crippen molar-refractivity contribution in [1.29, 1.82) is 0 Å². The van der Waals surface area contributed by atoms with Crippen molar-refractivity contribution in [2.45, 2.75) is 17.6 Å². The number of benzene rings is 1. The molecule has 5 rings (SSSR count). The zero-order valence-electron chi connectivity index (χ0n) is 15.1. The lowest BCUT2D eigenvalue weighted by Gasteiger charge is -2.16. The second-order valence-electron chi connectivity index (χ2n) is 6.70. The van der Waals surface area contributed by atoms with E-state index >= 15 is 0 Å². The van der Waals surface area contributed by atoms with E-state index in [1.54, 1.807) is 17.1 Å². The van der Waals surface area contributed by atoms with E-state index in [9.17, 15) is 14.7 Å². The van der Waals surface area contributed by atoms with Gasteiger partial charge in [0.05, 0.1) is 17.1 Å². The van der Waals surface area contributed by atoms with Crippen molar-refractivity contribution in [3.63, 3.8) is 0 Å². The molecule has 0 bridgehead atoms. The van der Waals surface area contributed by atoms with Gasteiger partial charge in [0.2, 0.25) is 0 Å².